The number of benzene rings is 2. The van der Waals surface area contributed by atoms with Gasteiger partial charge in [0.15, 0.2) is 0 Å². The Hall–Kier alpha value is -2.40. The van der Waals surface area contributed by atoms with Gasteiger partial charge in [-0.3, -0.25) is 0 Å². The third-order valence-corrected chi connectivity index (χ3v) is 4.39. The van der Waals surface area contributed by atoms with E-state index in [0.717, 1.165) is 24.2 Å². The Morgan fingerprint density at radius 1 is 1.08 bits per heavy atom. The molecule has 0 unspecified atom stereocenters. The van der Waals surface area contributed by atoms with Crippen LogP contribution in [0.15, 0.2) is 42.5 Å². The van der Waals surface area contributed by atoms with E-state index >= 15 is 0 Å². The summed E-state index contributed by atoms with van der Waals surface area (Å²) in [7, 11) is 3.18. The molecule has 2 aromatic carbocycles. The minimum Gasteiger partial charge on any atom is -0.497 e. The van der Waals surface area contributed by atoms with Crippen molar-refractivity contribution in [2.24, 2.45) is 0 Å². The summed E-state index contributed by atoms with van der Waals surface area (Å²) >= 11 is 5.99. The maximum absolute atomic E-state index is 12.4. The third kappa shape index (κ3) is 3.41. The number of amides is 2. The molecule has 1 aliphatic carbocycles. The van der Waals surface area contributed by atoms with Gasteiger partial charge in [-0.25, -0.2) is 4.79 Å². The number of ether oxygens (including phenoxy) is 2. The lowest BCUT2D eigenvalue weighted by atomic mass is 10.1. The molecule has 1 saturated carbocycles. The molecule has 0 atom stereocenters. The van der Waals surface area contributed by atoms with Gasteiger partial charge in [0.25, 0.3) is 0 Å². The molecule has 2 aromatic rings. The van der Waals surface area contributed by atoms with E-state index in [4.69, 9.17) is 21.1 Å². The van der Waals surface area contributed by atoms with Crippen LogP contribution in [0.4, 0.5) is 10.5 Å². The highest BCUT2D eigenvalue weighted by molar-refractivity contribution is 6.31. The highest BCUT2D eigenvalue weighted by Crippen LogP contribution is 2.46. The average Bonchev–Trinajstić information content (AvgIpc) is 3.35. The minimum atomic E-state index is -0.317. The van der Waals surface area contributed by atoms with Crippen LogP contribution in [0.2, 0.25) is 5.02 Å². The van der Waals surface area contributed by atoms with Gasteiger partial charge in [0.05, 0.1) is 25.4 Å². The summed E-state index contributed by atoms with van der Waals surface area (Å²) in [5.41, 5.74) is 1.28. The Kier molecular flexibility index (Phi) is 4.53. The van der Waals surface area contributed by atoms with Gasteiger partial charge in [0, 0.05) is 5.02 Å². The second-order valence-electron chi connectivity index (χ2n) is 5.73. The zero-order valence-corrected chi connectivity index (χ0v) is 14.3. The van der Waals surface area contributed by atoms with E-state index in [9.17, 15) is 4.79 Å². The molecule has 2 amide bonds. The van der Waals surface area contributed by atoms with E-state index in [1.807, 2.05) is 24.3 Å². The Balaban J connectivity index is 1.71. The molecule has 0 aromatic heterocycles. The first-order valence-corrected chi connectivity index (χ1v) is 8.01. The van der Waals surface area contributed by atoms with Gasteiger partial charge in [0.2, 0.25) is 0 Å². The minimum absolute atomic E-state index is 0.288. The average molecular weight is 347 g/mol. The molecular weight excluding hydrogens is 328 g/mol. The summed E-state index contributed by atoms with van der Waals surface area (Å²) in [6, 6.07) is 12.6. The van der Waals surface area contributed by atoms with Gasteiger partial charge in [-0.1, -0.05) is 23.7 Å². The van der Waals surface area contributed by atoms with Crippen molar-refractivity contribution in [2.45, 2.75) is 18.4 Å². The van der Waals surface area contributed by atoms with Crippen molar-refractivity contribution in [1.82, 2.24) is 5.32 Å². The number of halogens is 1. The van der Waals surface area contributed by atoms with Crippen molar-refractivity contribution in [2.75, 3.05) is 19.5 Å². The molecule has 0 bridgehead atoms. The molecule has 126 valence electrons. The molecule has 0 aliphatic heterocycles. The van der Waals surface area contributed by atoms with Crippen molar-refractivity contribution in [3.05, 3.63) is 53.1 Å². The van der Waals surface area contributed by atoms with Crippen LogP contribution in [0.25, 0.3) is 0 Å². The summed E-state index contributed by atoms with van der Waals surface area (Å²) in [4.78, 5) is 12.4. The van der Waals surface area contributed by atoms with Crippen molar-refractivity contribution < 1.29 is 14.3 Å². The van der Waals surface area contributed by atoms with E-state index in [1.54, 1.807) is 32.4 Å². The lowest BCUT2D eigenvalue weighted by Crippen LogP contribution is -2.38. The summed E-state index contributed by atoms with van der Waals surface area (Å²) in [5, 5.41) is 6.39. The second kappa shape index (κ2) is 6.61. The zero-order chi connectivity index (χ0) is 17.2. The van der Waals surface area contributed by atoms with Gasteiger partial charge in [-0.2, -0.15) is 0 Å². The number of hydrogen-bond acceptors (Lipinski definition) is 3. The Morgan fingerprint density at radius 3 is 2.38 bits per heavy atom. The normalized spacial score (nSPS) is 14.6. The second-order valence-corrected chi connectivity index (χ2v) is 6.17. The van der Waals surface area contributed by atoms with E-state index in [2.05, 4.69) is 10.6 Å². The monoisotopic (exact) mass is 346 g/mol. The van der Waals surface area contributed by atoms with Crippen molar-refractivity contribution >= 4 is 23.3 Å². The highest BCUT2D eigenvalue weighted by Gasteiger charge is 2.45. The third-order valence-electron chi connectivity index (χ3n) is 4.16. The number of carbonyl (C=O) groups is 1. The van der Waals surface area contributed by atoms with Crippen LogP contribution in [0.3, 0.4) is 0 Å². The first kappa shape index (κ1) is 16.5. The summed E-state index contributed by atoms with van der Waals surface area (Å²) in [6.45, 7) is 0. The quantitative estimate of drug-likeness (QED) is 0.854. The number of anilines is 1. The molecule has 0 saturated heterocycles. The Labute approximate surface area is 145 Å². The van der Waals surface area contributed by atoms with Gasteiger partial charge in [-0.15, -0.1) is 0 Å². The van der Waals surface area contributed by atoms with Crippen molar-refractivity contribution in [1.29, 1.82) is 0 Å². The van der Waals surface area contributed by atoms with Crippen LogP contribution >= 0.6 is 11.6 Å². The molecule has 3 rings (SSSR count). The Bertz CT molecular complexity index is 742. The number of urea groups is 1. The first-order chi connectivity index (χ1) is 11.6. The van der Waals surface area contributed by atoms with E-state index < -0.39 is 0 Å². The molecule has 6 heteroatoms. The van der Waals surface area contributed by atoms with E-state index in [-0.39, 0.29) is 11.6 Å². The van der Waals surface area contributed by atoms with Crippen LogP contribution in [0, 0.1) is 0 Å². The lowest BCUT2D eigenvalue weighted by molar-refractivity contribution is 0.247. The summed E-state index contributed by atoms with van der Waals surface area (Å²) in [6.07, 6.45) is 1.80. The predicted octanol–water partition coefficient (Wildman–Crippen LogP) is 4.17. The molecule has 0 radical (unpaired) electrons. The number of nitrogens with one attached hydrogen (secondary N) is 2. The first-order valence-electron chi connectivity index (χ1n) is 7.63. The number of rotatable bonds is 5. The van der Waals surface area contributed by atoms with Crippen LogP contribution in [0.1, 0.15) is 18.4 Å². The van der Waals surface area contributed by atoms with Crippen molar-refractivity contribution in [3.8, 4) is 11.5 Å². The standard InChI is InChI=1S/C18H19ClN2O3/c1-23-14-6-3-12(4-7-14)18(9-10-18)21-17(22)20-15-11-13(19)5-8-16(15)24-2/h3-8,11H,9-10H2,1-2H3,(H2,20,21,22). The summed E-state index contributed by atoms with van der Waals surface area (Å²) in [5.74, 6) is 1.35. The van der Waals surface area contributed by atoms with Gasteiger partial charge < -0.3 is 20.1 Å². The van der Waals surface area contributed by atoms with Crippen molar-refractivity contribution in [3.63, 3.8) is 0 Å². The van der Waals surface area contributed by atoms with Gasteiger partial charge in [0.1, 0.15) is 11.5 Å². The summed E-state index contributed by atoms with van der Waals surface area (Å²) < 4.78 is 10.4. The molecule has 0 heterocycles. The van der Waals surface area contributed by atoms with Crippen LogP contribution in [-0.4, -0.2) is 20.3 Å². The van der Waals surface area contributed by atoms with E-state index in [0.29, 0.717) is 16.5 Å². The van der Waals surface area contributed by atoms with Gasteiger partial charge in [-0.05, 0) is 48.7 Å². The molecular formula is C18H19ClN2O3. The van der Waals surface area contributed by atoms with Gasteiger partial charge >= 0.3 is 6.03 Å². The lowest BCUT2D eigenvalue weighted by Gasteiger charge is -2.19. The van der Waals surface area contributed by atoms with E-state index in [1.165, 1.54) is 0 Å². The number of methoxy groups -OCH3 is 2. The zero-order valence-electron chi connectivity index (χ0n) is 13.6. The Morgan fingerprint density at radius 2 is 1.79 bits per heavy atom. The van der Waals surface area contributed by atoms with Crippen LogP contribution in [0.5, 0.6) is 11.5 Å². The number of hydrogen-bond donors (Lipinski definition) is 2. The largest absolute Gasteiger partial charge is 0.497 e. The molecule has 5 nitrogen and oxygen atoms in total. The SMILES string of the molecule is COc1ccc(C2(NC(=O)Nc3cc(Cl)ccc3OC)CC2)cc1. The number of carbonyl (C=O) groups excluding carboxylic acids is 1. The smallest absolute Gasteiger partial charge is 0.320 e. The molecule has 1 fully saturated rings. The molecule has 0 spiro atoms. The fraction of sp³-hybridized carbons (Fsp3) is 0.278. The van der Waals surface area contributed by atoms with Crippen LogP contribution in [-0.2, 0) is 5.54 Å². The molecule has 24 heavy (non-hydrogen) atoms. The molecule has 2 N–H and O–H groups in total. The van der Waals surface area contributed by atoms with Crippen LogP contribution < -0.4 is 20.1 Å². The maximum Gasteiger partial charge on any atom is 0.320 e. The topological polar surface area (TPSA) is 59.6 Å². The highest BCUT2D eigenvalue weighted by atomic mass is 35.5. The fourth-order valence-corrected chi connectivity index (χ4v) is 2.84. The molecule has 1 aliphatic rings. The predicted molar refractivity (Wildman–Crippen MR) is 94.1 cm³/mol. The fourth-order valence-electron chi connectivity index (χ4n) is 2.67. The maximum atomic E-state index is 12.4.